The van der Waals surface area contributed by atoms with Crippen molar-refractivity contribution in [2.24, 2.45) is 11.5 Å². The zero-order valence-corrected chi connectivity index (χ0v) is 26.9. The predicted molar refractivity (Wildman–Crippen MR) is 186 cm³/mol. The van der Waals surface area contributed by atoms with E-state index in [9.17, 15) is 18.0 Å². The van der Waals surface area contributed by atoms with E-state index in [0.717, 1.165) is 29.2 Å². The van der Waals surface area contributed by atoms with Crippen LogP contribution in [0.2, 0.25) is 0 Å². The Labute approximate surface area is 270 Å². The Kier molecular flexibility index (Phi) is 10.2. The number of rotatable bonds is 12. The summed E-state index contributed by atoms with van der Waals surface area (Å²) in [5.41, 5.74) is 14.1. The first-order chi connectivity index (χ1) is 22.1. The molecule has 0 aromatic heterocycles. The zero-order chi connectivity index (χ0) is 32.8. The number of sulfone groups is 1. The second kappa shape index (κ2) is 14.2. The van der Waals surface area contributed by atoms with Crippen LogP contribution in [0, 0.1) is 0 Å². The Morgan fingerprint density at radius 3 is 2.17 bits per heavy atom. The lowest BCUT2D eigenvalue weighted by Crippen LogP contribution is -2.48. The number of urea groups is 1. The van der Waals surface area contributed by atoms with Gasteiger partial charge in [-0.25, -0.2) is 13.2 Å². The molecule has 0 aliphatic heterocycles. The van der Waals surface area contributed by atoms with Gasteiger partial charge in [0.2, 0.25) is 0 Å². The number of hydrogen-bond acceptors (Lipinski definition) is 6. The van der Waals surface area contributed by atoms with Gasteiger partial charge < -0.3 is 16.8 Å². The molecule has 0 radical (unpaired) electrons. The van der Waals surface area contributed by atoms with Gasteiger partial charge in [0.1, 0.15) is 5.37 Å². The summed E-state index contributed by atoms with van der Waals surface area (Å²) in [4.78, 5) is 29.7. The fourth-order valence-electron chi connectivity index (χ4n) is 5.69. The van der Waals surface area contributed by atoms with E-state index in [1.807, 2.05) is 79.7 Å². The Balaban J connectivity index is 1.56. The quantitative estimate of drug-likeness (QED) is 0.133. The molecule has 46 heavy (non-hydrogen) atoms. The minimum Gasteiger partial charge on any atom is -0.334 e. The topological polar surface area (TPSA) is 136 Å². The van der Waals surface area contributed by atoms with Crippen LogP contribution in [0.3, 0.4) is 0 Å². The minimum absolute atomic E-state index is 0.0769. The summed E-state index contributed by atoms with van der Waals surface area (Å²) >= 11 is 0. The lowest BCUT2D eigenvalue weighted by atomic mass is 9.97. The molecule has 5 aromatic carbocycles. The van der Waals surface area contributed by atoms with E-state index >= 15 is 0 Å². The Hall–Kier alpha value is -4.57. The van der Waals surface area contributed by atoms with Crippen LogP contribution in [0.1, 0.15) is 49.0 Å². The van der Waals surface area contributed by atoms with E-state index < -0.39 is 39.1 Å². The van der Waals surface area contributed by atoms with E-state index in [1.165, 1.54) is 17.0 Å². The lowest BCUT2D eigenvalue weighted by molar-refractivity contribution is 0.0966. The fraction of sp³-hybridized carbons (Fsp3) is 0.243. The van der Waals surface area contributed by atoms with Gasteiger partial charge in [-0.3, -0.25) is 9.69 Å². The number of fused-ring (bicyclic) bond motifs is 2. The fourth-order valence-corrected chi connectivity index (χ4v) is 7.17. The van der Waals surface area contributed by atoms with Gasteiger partial charge in [-0.15, -0.1) is 0 Å². The molecule has 5 N–H and O–H groups in total. The van der Waals surface area contributed by atoms with Gasteiger partial charge in [-0.05, 0) is 64.7 Å². The number of carbonyl (C=O) groups is 2. The smallest absolute Gasteiger partial charge is 0.322 e. The van der Waals surface area contributed by atoms with Crippen LogP contribution < -0.4 is 21.7 Å². The number of benzene rings is 5. The summed E-state index contributed by atoms with van der Waals surface area (Å²) in [6.07, 6.45) is 2.08. The van der Waals surface area contributed by atoms with E-state index in [1.54, 1.807) is 31.2 Å². The molecule has 0 spiro atoms. The monoisotopic (exact) mass is 636 g/mol. The molecule has 0 heterocycles. The second-order valence-electron chi connectivity index (χ2n) is 11.6. The molecule has 8 nitrogen and oxygen atoms in total. The first-order valence-electron chi connectivity index (χ1n) is 15.5. The number of nitrogens with zero attached hydrogens (tertiary/aromatic N) is 1. The number of anilines is 1. The molecule has 0 aliphatic rings. The standard InChI is InChI=1S/C37H40N4O4S/c1-3-4-18-34(38)36(39)46(44,45)31-22-29-16-10-11-17-32(29)33(23-31)35(42)25(2)41(37(43)40-24-26-12-6-5-7-13-26)30-20-19-27-14-8-9-15-28(27)21-30/h5-17,19-23,25,34,36H,3-4,18,24,38-39H2,1-2H3,(H,40,43)/t25-,34?,36?/m0/s1. The average Bonchev–Trinajstić information content (AvgIpc) is 3.08. The van der Waals surface area contributed by atoms with Crippen LogP contribution in [0.25, 0.3) is 21.5 Å². The van der Waals surface area contributed by atoms with Crippen LogP contribution in [-0.4, -0.2) is 37.7 Å². The number of nitrogens with one attached hydrogen (secondary N) is 1. The summed E-state index contributed by atoms with van der Waals surface area (Å²) in [6.45, 7) is 3.91. The van der Waals surface area contributed by atoms with Crippen molar-refractivity contribution < 1.29 is 18.0 Å². The number of nitrogens with two attached hydrogens (primary N) is 2. The third-order valence-corrected chi connectivity index (χ3v) is 10.3. The SMILES string of the molecule is CCCCC(N)C(N)S(=O)(=O)c1cc(C(=O)[C@H](C)N(C(=O)NCc2ccccc2)c2ccc3ccccc3c2)c2ccccc2c1. The lowest BCUT2D eigenvalue weighted by Gasteiger charge is -2.29. The van der Waals surface area contributed by atoms with Crippen molar-refractivity contribution >= 4 is 48.9 Å². The maximum absolute atomic E-state index is 14.5. The average molecular weight is 637 g/mol. The van der Waals surface area contributed by atoms with Crippen LogP contribution >= 0.6 is 0 Å². The number of hydrogen-bond donors (Lipinski definition) is 3. The third kappa shape index (κ3) is 6.97. The van der Waals surface area contributed by atoms with Gasteiger partial charge >= 0.3 is 6.03 Å². The number of amides is 2. The van der Waals surface area contributed by atoms with Crippen LogP contribution in [0.4, 0.5) is 10.5 Å². The van der Waals surface area contributed by atoms with E-state index in [2.05, 4.69) is 5.32 Å². The van der Waals surface area contributed by atoms with Gasteiger partial charge in [0, 0.05) is 23.8 Å². The molecule has 0 bridgehead atoms. The van der Waals surface area contributed by atoms with E-state index in [-0.39, 0.29) is 17.0 Å². The highest BCUT2D eigenvalue weighted by Crippen LogP contribution is 2.30. The Morgan fingerprint density at radius 2 is 1.46 bits per heavy atom. The predicted octanol–water partition coefficient (Wildman–Crippen LogP) is 6.56. The number of ketones is 1. The summed E-state index contributed by atoms with van der Waals surface area (Å²) in [5.74, 6) is -0.417. The van der Waals surface area contributed by atoms with Gasteiger partial charge in [0.25, 0.3) is 0 Å². The summed E-state index contributed by atoms with van der Waals surface area (Å²) < 4.78 is 27.5. The van der Waals surface area contributed by atoms with Crippen molar-refractivity contribution in [1.82, 2.24) is 5.32 Å². The maximum atomic E-state index is 14.5. The molecule has 2 amide bonds. The number of unbranched alkanes of at least 4 members (excludes halogenated alkanes) is 1. The van der Waals surface area contributed by atoms with Gasteiger partial charge in [0.15, 0.2) is 15.6 Å². The molecule has 0 fully saturated rings. The molecule has 0 saturated heterocycles. The van der Waals surface area contributed by atoms with Crippen LogP contribution in [0.5, 0.6) is 0 Å². The zero-order valence-electron chi connectivity index (χ0n) is 26.1. The highest BCUT2D eigenvalue weighted by atomic mass is 32.2. The van der Waals surface area contributed by atoms with Crippen molar-refractivity contribution in [2.75, 3.05) is 4.90 Å². The van der Waals surface area contributed by atoms with Crippen molar-refractivity contribution in [3.63, 3.8) is 0 Å². The number of carbonyl (C=O) groups excluding carboxylic acids is 2. The third-order valence-electron chi connectivity index (χ3n) is 8.38. The largest absolute Gasteiger partial charge is 0.334 e. The van der Waals surface area contributed by atoms with Gasteiger partial charge in [-0.2, -0.15) is 0 Å². The normalized spacial score (nSPS) is 13.7. The number of Topliss-reactive ketones (excluding diaryl/α,β-unsaturated/α-hetero) is 1. The molecular weight excluding hydrogens is 596 g/mol. The highest BCUT2D eigenvalue weighted by Gasteiger charge is 2.33. The van der Waals surface area contributed by atoms with E-state index in [4.69, 9.17) is 11.5 Å². The molecule has 5 aromatic rings. The second-order valence-corrected chi connectivity index (χ2v) is 13.7. The van der Waals surface area contributed by atoms with Gasteiger partial charge in [0.05, 0.1) is 10.9 Å². The van der Waals surface area contributed by atoms with Crippen molar-refractivity contribution in [3.8, 4) is 0 Å². The molecule has 3 atom stereocenters. The molecule has 0 aliphatic carbocycles. The van der Waals surface area contributed by atoms with Crippen molar-refractivity contribution in [2.45, 2.75) is 62.0 Å². The van der Waals surface area contributed by atoms with Crippen LogP contribution in [0.15, 0.2) is 114 Å². The summed E-state index contributed by atoms with van der Waals surface area (Å²) in [6, 6.07) is 30.7. The molecule has 9 heteroatoms. The molecule has 5 rings (SSSR count). The maximum Gasteiger partial charge on any atom is 0.322 e. The molecule has 0 saturated carbocycles. The molecule has 238 valence electrons. The van der Waals surface area contributed by atoms with Crippen LogP contribution in [-0.2, 0) is 16.4 Å². The molecule has 2 unspecified atom stereocenters. The van der Waals surface area contributed by atoms with E-state index in [0.29, 0.717) is 22.9 Å². The van der Waals surface area contributed by atoms with Crippen molar-refractivity contribution in [3.05, 3.63) is 120 Å². The minimum atomic E-state index is -4.09. The first kappa shape index (κ1) is 32.8. The summed E-state index contributed by atoms with van der Waals surface area (Å²) in [5, 5.41) is 4.67. The van der Waals surface area contributed by atoms with Crippen molar-refractivity contribution in [1.29, 1.82) is 0 Å². The first-order valence-corrected chi connectivity index (χ1v) is 17.1. The highest BCUT2D eigenvalue weighted by molar-refractivity contribution is 7.92. The van der Waals surface area contributed by atoms with Gasteiger partial charge in [-0.1, -0.05) is 105 Å². The Bertz CT molecular complexity index is 1960. The Morgan fingerprint density at radius 1 is 0.804 bits per heavy atom. The molecular formula is C37H40N4O4S. The summed E-state index contributed by atoms with van der Waals surface area (Å²) in [7, 11) is -4.09.